The molecule has 0 aromatic carbocycles. The number of rotatable bonds is 48. The zero-order chi connectivity index (χ0) is 49.4. The van der Waals surface area contributed by atoms with Crippen molar-refractivity contribution in [3.8, 4) is 0 Å². The third kappa shape index (κ3) is 48.3. The molecule has 0 fully saturated rings. The van der Waals surface area contributed by atoms with Crippen LogP contribution in [0.3, 0.4) is 0 Å². The van der Waals surface area contributed by atoms with Gasteiger partial charge in [0.25, 0.3) is 0 Å². The summed E-state index contributed by atoms with van der Waals surface area (Å²) in [5.41, 5.74) is 0. The fourth-order valence-electron chi connectivity index (χ4n) is 7.35. The maximum absolute atomic E-state index is 13.4. The van der Waals surface area contributed by atoms with Gasteiger partial charge in [-0.1, -0.05) is 197 Å². The summed E-state index contributed by atoms with van der Waals surface area (Å²) in [6.07, 6.45) is 59.1. The molecule has 9 nitrogen and oxygen atoms in total. The first kappa shape index (κ1) is 64.5. The predicted octanol–water partition coefficient (Wildman–Crippen LogP) is 16.1. The zero-order valence-electron chi connectivity index (χ0n) is 44.1. The fourth-order valence-corrected chi connectivity index (χ4v) is 8.08. The molecule has 2 N–H and O–H groups in total. The second kappa shape index (κ2) is 47.1. The summed E-state index contributed by atoms with van der Waals surface area (Å²) >= 11 is 0. The van der Waals surface area contributed by atoms with E-state index in [-0.39, 0.29) is 37.9 Å². The molecule has 0 spiro atoms. The number of nitrogens with zero attached hydrogens (tertiary/aromatic N) is 1. The Labute approximate surface area is 413 Å². The lowest BCUT2D eigenvalue weighted by Gasteiger charge is -2.27. The SMILES string of the molecule is CCCCC/C=C\C/C=C\C/C=C\CCCCCCC(=O)OC(/C=C/CCCCCCCCCCC)C(COP(=O)(O)OCC[N+](C)(C)C)NC(=O)CC/C=C/C/C=C\CCCCCCCC. The number of nitrogens with one attached hydrogen (secondary N) is 1. The lowest BCUT2D eigenvalue weighted by Crippen LogP contribution is -2.47. The lowest BCUT2D eigenvalue weighted by atomic mass is 10.1. The van der Waals surface area contributed by atoms with E-state index in [1.54, 1.807) is 0 Å². The van der Waals surface area contributed by atoms with Crippen LogP contribution >= 0.6 is 7.82 Å². The zero-order valence-corrected chi connectivity index (χ0v) is 45.0. The highest BCUT2D eigenvalue weighted by Gasteiger charge is 2.30. The molecular formula is C57H104N2O7P+. The van der Waals surface area contributed by atoms with Crippen molar-refractivity contribution < 1.29 is 37.3 Å². The Morgan fingerprint density at radius 2 is 0.925 bits per heavy atom. The van der Waals surface area contributed by atoms with Crippen LogP contribution in [0.2, 0.25) is 0 Å². The van der Waals surface area contributed by atoms with Crippen molar-refractivity contribution in [2.24, 2.45) is 0 Å². The molecule has 0 rings (SSSR count). The number of esters is 1. The summed E-state index contributed by atoms with van der Waals surface area (Å²) in [5, 5.41) is 2.99. The summed E-state index contributed by atoms with van der Waals surface area (Å²) in [7, 11) is 1.44. The number of unbranched alkanes of at least 4 members (excludes halogenated alkanes) is 22. The van der Waals surface area contributed by atoms with Gasteiger partial charge in [-0.15, -0.1) is 0 Å². The van der Waals surface area contributed by atoms with Crippen molar-refractivity contribution in [1.29, 1.82) is 0 Å². The standard InChI is InChI=1S/C57H103N2O7P/c1-7-10-13-16-19-22-25-27-28-29-30-32-35-38-41-44-47-50-57(61)66-55(48-45-42-39-36-33-24-21-18-15-12-9-3)54(53-65-67(62,63)64-52-51-59(4,5)6)58-56(60)49-46-43-40-37-34-31-26-23-20-17-14-11-8-2/h19,22,27-28,30-32,34,40,43,45,48,54-55H,7-18,20-21,23-26,29,33,35-39,41-42,44,46-47,49-53H2,1-6H3,(H-,58,60,62,63)/p+1/b22-19-,28-27-,32-30-,34-31-,43-40+,48-45+. The van der Waals surface area contributed by atoms with Crippen LogP contribution in [-0.4, -0.2) is 74.3 Å². The van der Waals surface area contributed by atoms with E-state index in [9.17, 15) is 19.0 Å². The number of phosphoric ester groups is 1. The van der Waals surface area contributed by atoms with Crippen molar-refractivity contribution in [2.75, 3.05) is 40.9 Å². The topological polar surface area (TPSA) is 111 Å². The maximum atomic E-state index is 13.4. The van der Waals surface area contributed by atoms with Gasteiger partial charge in [-0.3, -0.25) is 18.6 Å². The Balaban J connectivity index is 5.48. The minimum absolute atomic E-state index is 0.0247. The van der Waals surface area contributed by atoms with Crippen molar-refractivity contribution in [3.05, 3.63) is 72.9 Å². The largest absolute Gasteiger partial charge is 0.472 e. The van der Waals surface area contributed by atoms with Crippen LogP contribution in [0.1, 0.15) is 226 Å². The molecule has 0 radical (unpaired) electrons. The van der Waals surface area contributed by atoms with Crippen LogP contribution in [0.4, 0.5) is 0 Å². The Morgan fingerprint density at radius 3 is 1.42 bits per heavy atom. The van der Waals surface area contributed by atoms with E-state index in [2.05, 4.69) is 80.8 Å². The van der Waals surface area contributed by atoms with Gasteiger partial charge >= 0.3 is 13.8 Å². The lowest BCUT2D eigenvalue weighted by molar-refractivity contribution is -0.870. The number of allylic oxidation sites excluding steroid dienone is 11. The third-order valence-electron chi connectivity index (χ3n) is 11.6. The monoisotopic (exact) mass is 960 g/mol. The summed E-state index contributed by atoms with van der Waals surface area (Å²) in [6, 6.07) is -0.888. The smallest absolute Gasteiger partial charge is 0.456 e. The number of quaternary nitrogens is 1. The third-order valence-corrected chi connectivity index (χ3v) is 12.6. The van der Waals surface area contributed by atoms with Crippen LogP contribution in [0.5, 0.6) is 0 Å². The molecule has 0 aliphatic carbocycles. The van der Waals surface area contributed by atoms with Crippen LogP contribution in [0.15, 0.2) is 72.9 Å². The van der Waals surface area contributed by atoms with Gasteiger partial charge in [-0.05, 0) is 89.5 Å². The highest BCUT2D eigenvalue weighted by atomic mass is 31.2. The molecule has 0 aliphatic rings. The fraction of sp³-hybridized carbons (Fsp3) is 0.754. The summed E-state index contributed by atoms with van der Waals surface area (Å²) in [4.78, 5) is 37.4. The maximum Gasteiger partial charge on any atom is 0.472 e. The molecule has 0 aromatic rings. The molecule has 0 saturated heterocycles. The average molecular weight is 960 g/mol. The Kier molecular flexibility index (Phi) is 45.3. The molecule has 0 heterocycles. The van der Waals surface area contributed by atoms with Crippen molar-refractivity contribution in [2.45, 2.75) is 238 Å². The van der Waals surface area contributed by atoms with Crippen molar-refractivity contribution in [3.63, 3.8) is 0 Å². The Hall–Kier alpha value is -2.55. The van der Waals surface area contributed by atoms with Gasteiger partial charge in [-0.25, -0.2) is 4.57 Å². The van der Waals surface area contributed by atoms with E-state index < -0.39 is 20.0 Å². The summed E-state index contributed by atoms with van der Waals surface area (Å²) in [6.45, 7) is 6.89. The molecule has 1 amide bonds. The molecule has 0 aliphatic heterocycles. The number of ether oxygens (including phenoxy) is 1. The number of carbonyl (C=O) groups excluding carboxylic acids is 2. The highest BCUT2D eigenvalue weighted by molar-refractivity contribution is 7.47. The molecular weight excluding hydrogens is 856 g/mol. The van der Waals surface area contributed by atoms with Crippen LogP contribution in [0.25, 0.3) is 0 Å². The predicted molar refractivity (Wildman–Crippen MR) is 286 cm³/mol. The van der Waals surface area contributed by atoms with Crippen LogP contribution < -0.4 is 5.32 Å². The molecule has 0 bridgehead atoms. The first-order chi connectivity index (χ1) is 32.4. The first-order valence-corrected chi connectivity index (χ1v) is 28.8. The second-order valence-corrected chi connectivity index (χ2v) is 20.8. The van der Waals surface area contributed by atoms with Gasteiger partial charge in [0.15, 0.2) is 0 Å². The Morgan fingerprint density at radius 1 is 0.522 bits per heavy atom. The van der Waals surface area contributed by atoms with Gasteiger partial charge in [0.2, 0.25) is 5.91 Å². The van der Waals surface area contributed by atoms with Crippen LogP contribution in [0, 0.1) is 0 Å². The van der Waals surface area contributed by atoms with E-state index >= 15 is 0 Å². The van der Waals surface area contributed by atoms with Gasteiger partial charge in [0, 0.05) is 12.8 Å². The number of carbonyl (C=O) groups is 2. The van der Waals surface area contributed by atoms with Gasteiger partial charge < -0.3 is 19.4 Å². The summed E-state index contributed by atoms with van der Waals surface area (Å²) < 4.78 is 30.5. The molecule has 388 valence electrons. The number of phosphoric acid groups is 1. The van der Waals surface area contributed by atoms with Gasteiger partial charge in [0.05, 0.1) is 33.8 Å². The number of amides is 1. The minimum Gasteiger partial charge on any atom is -0.456 e. The van der Waals surface area contributed by atoms with E-state index in [0.717, 1.165) is 70.6 Å². The van der Waals surface area contributed by atoms with Crippen LogP contribution in [-0.2, 0) is 27.9 Å². The minimum atomic E-state index is -4.46. The first-order valence-electron chi connectivity index (χ1n) is 27.3. The molecule has 67 heavy (non-hydrogen) atoms. The van der Waals surface area contributed by atoms with Crippen molar-refractivity contribution >= 4 is 19.7 Å². The number of hydrogen-bond donors (Lipinski definition) is 2. The van der Waals surface area contributed by atoms with E-state index in [1.807, 2.05) is 39.4 Å². The molecule has 3 unspecified atom stereocenters. The van der Waals surface area contributed by atoms with E-state index in [0.29, 0.717) is 23.9 Å². The van der Waals surface area contributed by atoms with E-state index in [4.69, 9.17) is 13.8 Å². The van der Waals surface area contributed by atoms with Gasteiger partial charge in [0.1, 0.15) is 19.3 Å². The second-order valence-electron chi connectivity index (χ2n) is 19.4. The van der Waals surface area contributed by atoms with Gasteiger partial charge in [-0.2, -0.15) is 0 Å². The quantitative estimate of drug-likeness (QED) is 0.0205. The van der Waals surface area contributed by atoms with Crippen molar-refractivity contribution in [1.82, 2.24) is 5.32 Å². The Bertz CT molecular complexity index is 1380. The van der Waals surface area contributed by atoms with E-state index in [1.165, 1.54) is 109 Å². The average Bonchev–Trinajstić information content (AvgIpc) is 3.28. The normalized spacial score (nSPS) is 14.4. The number of hydrogen-bond acceptors (Lipinski definition) is 6. The molecule has 3 atom stereocenters. The number of likely N-dealkylation sites (N-methyl/N-ethyl adjacent to an activating group) is 1. The highest BCUT2D eigenvalue weighted by Crippen LogP contribution is 2.43. The molecule has 0 saturated carbocycles. The summed E-state index contributed by atoms with van der Waals surface area (Å²) in [5.74, 6) is -0.613. The molecule has 0 aromatic heterocycles. The molecule has 10 heteroatoms.